The molecule has 1 heteroatoms. The summed E-state index contributed by atoms with van der Waals surface area (Å²) >= 11 is 0. The van der Waals surface area contributed by atoms with Gasteiger partial charge in [-0.25, -0.2) is 0 Å². The molecule has 0 aliphatic carbocycles. The van der Waals surface area contributed by atoms with Gasteiger partial charge in [0.15, 0.2) is 0 Å². The number of hydrogen-bond donors (Lipinski definition) is 0. The Morgan fingerprint density at radius 1 is 0.255 bits per heavy atom. The average Bonchev–Trinajstić information content (AvgIpc) is 3.22. The zero-order chi connectivity index (χ0) is 34.0. The Labute approximate surface area is 299 Å². The van der Waals surface area contributed by atoms with Crippen LogP contribution in [-0.2, 0) is 0 Å². The molecule has 0 atom stereocenters. The van der Waals surface area contributed by atoms with Gasteiger partial charge in [0, 0.05) is 16.8 Å². The first-order chi connectivity index (χ1) is 25.3. The van der Waals surface area contributed by atoms with Gasteiger partial charge in [-0.1, -0.05) is 182 Å². The van der Waals surface area contributed by atoms with Crippen molar-refractivity contribution in [3.05, 3.63) is 212 Å². The minimum atomic E-state index is 1.11. The smallest absolute Gasteiger partial charge is 0.0540 e. The first-order valence-electron chi connectivity index (χ1n) is 17.5. The Bertz CT molecular complexity index is 2590. The van der Waals surface area contributed by atoms with Crippen LogP contribution in [0.2, 0.25) is 0 Å². The zero-order valence-electron chi connectivity index (χ0n) is 28.2. The largest absolute Gasteiger partial charge is 0.310 e. The number of fused-ring (bicyclic) bond motifs is 2. The standard InChI is InChI=1S/C50H35N/c1-4-14-36(15-5-1)38-24-26-41(27-25-38)50-44-21-11-10-18-40(44)30-33-48(50)46-34-35-49(47-23-13-12-22-45(46)47)51(42-19-8-3-9-20-42)43-31-28-39(29-32-43)37-16-6-2-7-17-37/h1-35H. The minimum Gasteiger partial charge on any atom is -0.310 e. The van der Waals surface area contributed by atoms with Crippen molar-refractivity contribution in [3.63, 3.8) is 0 Å². The number of benzene rings is 9. The topological polar surface area (TPSA) is 3.24 Å². The van der Waals surface area contributed by atoms with E-state index in [1.165, 1.54) is 66.1 Å². The molecule has 0 spiro atoms. The second-order valence-electron chi connectivity index (χ2n) is 12.9. The SMILES string of the molecule is c1ccc(-c2ccc(-c3c(-c4ccc(N(c5ccccc5)c5ccc(-c6ccccc6)cc5)c5ccccc45)ccc4ccccc34)cc2)cc1. The van der Waals surface area contributed by atoms with E-state index in [2.05, 4.69) is 217 Å². The summed E-state index contributed by atoms with van der Waals surface area (Å²) in [5.41, 5.74) is 13.1. The second kappa shape index (κ2) is 13.3. The van der Waals surface area contributed by atoms with Crippen molar-refractivity contribution in [2.24, 2.45) is 0 Å². The summed E-state index contributed by atoms with van der Waals surface area (Å²) in [4.78, 5) is 2.38. The maximum absolute atomic E-state index is 2.38. The molecule has 0 heterocycles. The molecule has 0 aliphatic rings. The molecule has 0 fully saturated rings. The summed E-state index contributed by atoms with van der Waals surface area (Å²) < 4.78 is 0. The number of rotatable bonds is 7. The van der Waals surface area contributed by atoms with Gasteiger partial charge in [0.2, 0.25) is 0 Å². The molecule has 0 saturated heterocycles. The first-order valence-corrected chi connectivity index (χ1v) is 17.5. The maximum atomic E-state index is 2.38. The van der Waals surface area contributed by atoms with Crippen molar-refractivity contribution in [2.75, 3.05) is 4.90 Å². The Morgan fingerprint density at radius 3 is 1.35 bits per heavy atom. The van der Waals surface area contributed by atoms with Gasteiger partial charge >= 0.3 is 0 Å². The summed E-state index contributed by atoms with van der Waals surface area (Å²) in [6, 6.07) is 76.6. The van der Waals surface area contributed by atoms with Gasteiger partial charge in [-0.2, -0.15) is 0 Å². The molecule has 0 radical (unpaired) electrons. The molecule has 240 valence electrons. The van der Waals surface area contributed by atoms with Crippen LogP contribution in [0.1, 0.15) is 0 Å². The third kappa shape index (κ3) is 5.75. The summed E-state index contributed by atoms with van der Waals surface area (Å²) in [5.74, 6) is 0. The summed E-state index contributed by atoms with van der Waals surface area (Å²) in [6.45, 7) is 0. The van der Waals surface area contributed by atoms with Crippen molar-refractivity contribution >= 4 is 38.6 Å². The fraction of sp³-hybridized carbons (Fsp3) is 0. The molecule has 9 aromatic rings. The van der Waals surface area contributed by atoms with Crippen molar-refractivity contribution in [2.45, 2.75) is 0 Å². The van der Waals surface area contributed by atoms with Crippen molar-refractivity contribution < 1.29 is 0 Å². The fourth-order valence-corrected chi connectivity index (χ4v) is 7.42. The number of nitrogens with zero attached hydrogens (tertiary/aromatic N) is 1. The van der Waals surface area contributed by atoms with Gasteiger partial charge in [0.25, 0.3) is 0 Å². The van der Waals surface area contributed by atoms with Gasteiger partial charge in [-0.15, -0.1) is 0 Å². The van der Waals surface area contributed by atoms with Gasteiger partial charge in [0.05, 0.1) is 5.69 Å². The Balaban J connectivity index is 1.21. The quantitative estimate of drug-likeness (QED) is 0.166. The molecule has 0 aliphatic heterocycles. The lowest BCUT2D eigenvalue weighted by atomic mass is 9.87. The van der Waals surface area contributed by atoms with Crippen LogP contribution in [0.5, 0.6) is 0 Å². The van der Waals surface area contributed by atoms with Crippen LogP contribution in [0.3, 0.4) is 0 Å². The predicted octanol–water partition coefficient (Wildman–Crippen LogP) is 14.1. The normalized spacial score (nSPS) is 11.1. The third-order valence-electron chi connectivity index (χ3n) is 9.89. The number of anilines is 3. The van der Waals surface area contributed by atoms with E-state index in [-0.39, 0.29) is 0 Å². The average molecular weight is 650 g/mol. The van der Waals surface area contributed by atoms with Crippen LogP contribution in [0.15, 0.2) is 212 Å². The molecule has 0 saturated carbocycles. The Hall–Kier alpha value is -6.70. The van der Waals surface area contributed by atoms with E-state index >= 15 is 0 Å². The van der Waals surface area contributed by atoms with Crippen molar-refractivity contribution in [1.29, 1.82) is 0 Å². The maximum Gasteiger partial charge on any atom is 0.0540 e. The molecule has 0 aromatic heterocycles. The van der Waals surface area contributed by atoms with Crippen LogP contribution >= 0.6 is 0 Å². The molecular formula is C50H35N. The van der Waals surface area contributed by atoms with Crippen molar-refractivity contribution in [3.8, 4) is 44.5 Å². The molecule has 1 nitrogen and oxygen atoms in total. The van der Waals surface area contributed by atoms with E-state index in [1.54, 1.807) is 0 Å². The van der Waals surface area contributed by atoms with Crippen LogP contribution in [0.4, 0.5) is 17.1 Å². The highest BCUT2D eigenvalue weighted by Gasteiger charge is 2.20. The number of hydrogen-bond acceptors (Lipinski definition) is 1. The van der Waals surface area contributed by atoms with Crippen LogP contribution in [0, 0.1) is 0 Å². The molecule has 0 unspecified atom stereocenters. The lowest BCUT2D eigenvalue weighted by Gasteiger charge is -2.28. The molecule has 9 aromatic carbocycles. The van der Waals surface area contributed by atoms with Crippen molar-refractivity contribution in [1.82, 2.24) is 0 Å². The Morgan fingerprint density at radius 2 is 0.706 bits per heavy atom. The van der Waals surface area contributed by atoms with Gasteiger partial charge in [-0.05, 0) is 91.0 Å². The summed E-state index contributed by atoms with van der Waals surface area (Å²) in [5, 5.41) is 4.90. The zero-order valence-corrected chi connectivity index (χ0v) is 28.2. The van der Waals surface area contributed by atoms with E-state index in [9.17, 15) is 0 Å². The molecular weight excluding hydrogens is 615 g/mol. The lowest BCUT2D eigenvalue weighted by molar-refractivity contribution is 1.30. The predicted molar refractivity (Wildman–Crippen MR) is 218 cm³/mol. The van der Waals surface area contributed by atoms with E-state index in [4.69, 9.17) is 0 Å². The van der Waals surface area contributed by atoms with E-state index in [0.29, 0.717) is 0 Å². The molecule has 0 bridgehead atoms. The Kier molecular flexibility index (Phi) is 7.92. The summed E-state index contributed by atoms with van der Waals surface area (Å²) in [6.07, 6.45) is 0. The second-order valence-corrected chi connectivity index (χ2v) is 12.9. The molecule has 9 rings (SSSR count). The molecule has 0 N–H and O–H groups in total. The van der Waals surface area contributed by atoms with E-state index in [0.717, 1.165) is 17.1 Å². The molecule has 51 heavy (non-hydrogen) atoms. The highest BCUT2D eigenvalue weighted by molar-refractivity contribution is 6.12. The van der Waals surface area contributed by atoms with Crippen LogP contribution in [-0.4, -0.2) is 0 Å². The minimum absolute atomic E-state index is 1.11. The van der Waals surface area contributed by atoms with E-state index < -0.39 is 0 Å². The van der Waals surface area contributed by atoms with Crippen LogP contribution < -0.4 is 4.90 Å². The highest BCUT2D eigenvalue weighted by Crippen LogP contribution is 2.45. The fourth-order valence-electron chi connectivity index (χ4n) is 7.42. The number of para-hydroxylation sites is 1. The highest BCUT2D eigenvalue weighted by atomic mass is 15.1. The van der Waals surface area contributed by atoms with Gasteiger partial charge < -0.3 is 4.90 Å². The third-order valence-corrected chi connectivity index (χ3v) is 9.89. The summed E-state index contributed by atoms with van der Waals surface area (Å²) in [7, 11) is 0. The van der Waals surface area contributed by atoms with Crippen LogP contribution in [0.25, 0.3) is 66.1 Å². The van der Waals surface area contributed by atoms with Gasteiger partial charge in [0.1, 0.15) is 0 Å². The van der Waals surface area contributed by atoms with Gasteiger partial charge in [-0.3, -0.25) is 0 Å². The van der Waals surface area contributed by atoms with E-state index in [1.807, 2.05) is 0 Å². The lowest BCUT2D eigenvalue weighted by Crippen LogP contribution is -2.10. The monoisotopic (exact) mass is 649 g/mol. The first kappa shape index (κ1) is 30.4. The molecule has 0 amide bonds.